The van der Waals surface area contributed by atoms with E-state index in [0.717, 1.165) is 14.8 Å². The molecule has 0 unspecified atom stereocenters. The molecule has 3 aromatic rings. The summed E-state index contributed by atoms with van der Waals surface area (Å²) in [7, 11) is 1.78. The number of hydrogen-bond acceptors (Lipinski definition) is 4. The first kappa shape index (κ1) is 16.7. The molecular weight excluding hydrogens is 344 g/mol. The van der Waals surface area contributed by atoms with Gasteiger partial charge in [-0.2, -0.15) is 5.10 Å². The number of carbonyl (C=O) groups is 1. The Labute approximate surface area is 149 Å². The number of aryl methyl sites for hydroxylation is 1. The predicted molar refractivity (Wildman–Crippen MR) is 96.0 cm³/mol. The van der Waals surface area contributed by atoms with Gasteiger partial charge in [0.05, 0.1) is 10.9 Å². The molecule has 0 aliphatic heterocycles. The van der Waals surface area contributed by atoms with Crippen molar-refractivity contribution in [3.8, 4) is 11.4 Å². The van der Waals surface area contributed by atoms with Crippen LogP contribution in [0, 0.1) is 6.92 Å². The van der Waals surface area contributed by atoms with E-state index in [4.69, 9.17) is 11.6 Å². The molecule has 24 heavy (non-hydrogen) atoms. The van der Waals surface area contributed by atoms with Crippen molar-refractivity contribution >= 4 is 28.8 Å². The zero-order valence-corrected chi connectivity index (χ0v) is 15.0. The maximum absolute atomic E-state index is 12.5. The predicted octanol–water partition coefficient (Wildman–Crippen LogP) is 3.63. The van der Waals surface area contributed by atoms with Crippen LogP contribution < -0.4 is 0 Å². The highest BCUT2D eigenvalue weighted by atomic mass is 35.5. The third-order valence-electron chi connectivity index (χ3n) is 3.54. The van der Waals surface area contributed by atoms with Gasteiger partial charge in [-0.3, -0.25) is 4.79 Å². The standard InChI is InChI=1S/C17H17ClN4OS/c1-12-19-17(13-6-4-3-5-7-13)22(20-12)11-16(23)21(2)10-14-8-9-15(18)24-14/h3-9H,10-11H2,1-2H3. The molecule has 1 amide bonds. The van der Waals surface area contributed by atoms with E-state index < -0.39 is 0 Å². The molecule has 1 aromatic carbocycles. The van der Waals surface area contributed by atoms with Gasteiger partial charge in [-0.25, -0.2) is 9.67 Å². The van der Waals surface area contributed by atoms with E-state index in [9.17, 15) is 4.79 Å². The minimum Gasteiger partial charge on any atom is -0.339 e. The van der Waals surface area contributed by atoms with Crippen LogP contribution in [0.1, 0.15) is 10.7 Å². The van der Waals surface area contributed by atoms with Gasteiger partial charge >= 0.3 is 0 Å². The SMILES string of the molecule is Cc1nc(-c2ccccc2)n(CC(=O)N(C)Cc2ccc(Cl)s2)n1. The Morgan fingerprint density at radius 2 is 2.00 bits per heavy atom. The Bertz CT molecular complexity index is 843. The molecule has 0 saturated heterocycles. The highest BCUT2D eigenvalue weighted by Gasteiger charge is 2.16. The highest BCUT2D eigenvalue weighted by Crippen LogP contribution is 2.22. The molecule has 0 fully saturated rings. The van der Waals surface area contributed by atoms with E-state index in [1.54, 1.807) is 16.6 Å². The molecule has 3 rings (SSSR count). The van der Waals surface area contributed by atoms with Crippen LogP contribution in [0.2, 0.25) is 4.34 Å². The number of thiophene rings is 1. The van der Waals surface area contributed by atoms with Crippen LogP contribution in [0.5, 0.6) is 0 Å². The number of hydrogen-bond donors (Lipinski definition) is 0. The maximum Gasteiger partial charge on any atom is 0.244 e. The van der Waals surface area contributed by atoms with E-state index in [2.05, 4.69) is 10.1 Å². The van der Waals surface area contributed by atoms with Crippen LogP contribution in [-0.2, 0) is 17.9 Å². The number of nitrogens with zero attached hydrogens (tertiary/aromatic N) is 4. The van der Waals surface area contributed by atoms with Crippen molar-refractivity contribution in [1.82, 2.24) is 19.7 Å². The lowest BCUT2D eigenvalue weighted by molar-refractivity contribution is -0.131. The normalized spacial score (nSPS) is 10.8. The summed E-state index contributed by atoms with van der Waals surface area (Å²) in [4.78, 5) is 19.7. The first-order chi connectivity index (χ1) is 11.5. The number of amides is 1. The van der Waals surface area contributed by atoms with Gasteiger partial charge in [0, 0.05) is 17.5 Å². The molecular formula is C17H17ClN4OS. The lowest BCUT2D eigenvalue weighted by Gasteiger charge is -2.16. The molecule has 0 N–H and O–H groups in total. The van der Waals surface area contributed by atoms with Crippen molar-refractivity contribution < 1.29 is 4.79 Å². The van der Waals surface area contributed by atoms with Gasteiger partial charge in [-0.1, -0.05) is 41.9 Å². The summed E-state index contributed by atoms with van der Waals surface area (Å²) in [5, 5.41) is 4.36. The second kappa shape index (κ2) is 7.15. The zero-order chi connectivity index (χ0) is 17.1. The molecule has 2 aromatic heterocycles. The zero-order valence-electron chi connectivity index (χ0n) is 13.4. The first-order valence-corrected chi connectivity index (χ1v) is 8.67. The van der Waals surface area contributed by atoms with Crippen LogP contribution in [0.4, 0.5) is 0 Å². The van der Waals surface area contributed by atoms with E-state index >= 15 is 0 Å². The summed E-state index contributed by atoms with van der Waals surface area (Å²) < 4.78 is 2.38. The Hall–Kier alpha value is -2.18. The highest BCUT2D eigenvalue weighted by molar-refractivity contribution is 7.16. The summed E-state index contributed by atoms with van der Waals surface area (Å²) in [5.41, 5.74) is 0.943. The van der Waals surface area contributed by atoms with Gasteiger partial charge in [-0.05, 0) is 19.1 Å². The third-order valence-corrected chi connectivity index (χ3v) is 4.76. The quantitative estimate of drug-likeness (QED) is 0.698. The molecule has 5 nitrogen and oxygen atoms in total. The Morgan fingerprint density at radius 1 is 1.25 bits per heavy atom. The molecule has 7 heteroatoms. The number of likely N-dealkylation sites (N-methyl/N-ethyl adjacent to an activating group) is 1. The van der Waals surface area contributed by atoms with Gasteiger partial charge in [0.1, 0.15) is 12.4 Å². The van der Waals surface area contributed by atoms with Crippen molar-refractivity contribution in [3.63, 3.8) is 0 Å². The average Bonchev–Trinajstić information content (AvgIpc) is 3.13. The lowest BCUT2D eigenvalue weighted by atomic mass is 10.2. The summed E-state index contributed by atoms with van der Waals surface area (Å²) >= 11 is 7.42. The second-order valence-electron chi connectivity index (χ2n) is 5.46. The van der Waals surface area contributed by atoms with Crippen molar-refractivity contribution in [1.29, 1.82) is 0 Å². The monoisotopic (exact) mass is 360 g/mol. The fourth-order valence-electron chi connectivity index (χ4n) is 2.37. The fourth-order valence-corrected chi connectivity index (χ4v) is 3.52. The van der Waals surface area contributed by atoms with E-state index in [0.29, 0.717) is 18.2 Å². The summed E-state index contributed by atoms with van der Waals surface area (Å²) in [6, 6.07) is 13.5. The lowest BCUT2D eigenvalue weighted by Crippen LogP contribution is -2.30. The largest absolute Gasteiger partial charge is 0.339 e. The smallest absolute Gasteiger partial charge is 0.244 e. The fraction of sp³-hybridized carbons (Fsp3) is 0.235. The Balaban J connectivity index is 1.75. The molecule has 0 saturated carbocycles. The van der Waals surface area contributed by atoms with Crippen molar-refractivity contribution in [2.45, 2.75) is 20.0 Å². The first-order valence-electron chi connectivity index (χ1n) is 7.48. The van der Waals surface area contributed by atoms with Crippen LogP contribution in [0.3, 0.4) is 0 Å². The van der Waals surface area contributed by atoms with E-state index in [-0.39, 0.29) is 12.5 Å². The minimum absolute atomic E-state index is 0.0263. The van der Waals surface area contributed by atoms with Gasteiger partial charge < -0.3 is 4.90 Å². The number of benzene rings is 1. The van der Waals surface area contributed by atoms with Crippen molar-refractivity contribution in [2.24, 2.45) is 0 Å². The molecule has 0 aliphatic rings. The molecule has 124 valence electrons. The van der Waals surface area contributed by atoms with Crippen molar-refractivity contribution in [3.05, 3.63) is 57.5 Å². The molecule has 0 radical (unpaired) electrons. The molecule has 0 bridgehead atoms. The Morgan fingerprint density at radius 3 is 2.67 bits per heavy atom. The van der Waals surface area contributed by atoms with E-state index in [1.165, 1.54) is 11.3 Å². The summed E-state index contributed by atoms with van der Waals surface area (Å²) in [5.74, 6) is 1.32. The molecule has 0 spiro atoms. The van der Waals surface area contributed by atoms with Crippen LogP contribution >= 0.6 is 22.9 Å². The molecule has 2 heterocycles. The van der Waals surface area contributed by atoms with Gasteiger partial charge in [0.25, 0.3) is 0 Å². The van der Waals surface area contributed by atoms with Gasteiger partial charge in [0.15, 0.2) is 5.82 Å². The number of halogens is 1. The van der Waals surface area contributed by atoms with Crippen LogP contribution in [-0.4, -0.2) is 32.6 Å². The summed E-state index contributed by atoms with van der Waals surface area (Å²) in [6.07, 6.45) is 0. The number of rotatable bonds is 5. The van der Waals surface area contributed by atoms with Gasteiger partial charge in [0.2, 0.25) is 5.91 Å². The van der Waals surface area contributed by atoms with Crippen molar-refractivity contribution in [2.75, 3.05) is 7.05 Å². The topological polar surface area (TPSA) is 51.0 Å². The minimum atomic E-state index is -0.0263. The molecule has 0 atom stereocenters. The second-order valence-corrected chi connectivity index (χ2v) is 7.26. The number of carbonyl (C=O) groups excluding carboxylic acids is 1. The van der Waals surface area contributed by atoms with Crippen LogP contribution in [0.15, 0.2) is 42.5 Å². The summed E-state index contributed by atoms with van der Waals surface area (Å²) in [6.45, 7) is 2.51. The average molecular weight is 361 g/mol. The van der Waals surface area contributed by atoms with E-state index in [1.807, 2.05) is 49.4 Å². The third kappa shape index (κ3) is 3.83. The maximum atomic E-state index is 12.5. The van der Waals surface area contributed by atoms with Gasteiger partial charge in [-0.15, -0.1) is 11.3 Å². The Kier molecular flexibility index (Phi) is 4.97. The number of aromatic nitrogens is 3. The molecule has 0 aliphatic carbocycles. The van der Waals surface area contributed by atoms with Crippen LogP contribution in [0.25, 0.3) is 11.4 Å².